The molecule has 1 amide bonds. The standard InChI is InChI=1S/C17H16N4O6/c1-11(13-5-8-16(27-2)15(10-13)21(25)26)18-19-17(22)9-12-3-6-14(7-4-12)20(23)24/h3-8,10H,9H2,1-2H3,(H,19,22)/b18-11-. The number of methoxy groups -OCH3 is 1. The molecule has 0 unspecified atom stereocenters. The number of nitrogens with zero attached hydrogens (tertiary/aromatic N) is 3. The lowest BCUT2D eigenvalue weighted by Crippen LogP contribution is -2.21. The van der Waals surface area contributed by atoms with E-state index in [-0.39, 0.29) is 23.5 Å². The first-order chi connectivity index (χ1) is 12.8. The maximum atomic E-state index is 12.0. The molecule has 0 spiro atoms. The number of amides is 1. The maximum absolute atomic E-state index is 12.0. The molecule has 1 N–H and O–H groups in total. The SMILES string of the molecule is COc1ccc(/C(C)=N\NC(=O)Cc2ccc([N+](=O)[O-])cc2)cc1[N+](=O)[O-]. The molecular formula is C17H16N4O6. The van der Waals surface area contributed by atoms with Gasteiger partial charge in [0, 0.05) is 23.8 Å². The molecule has 2 aromatic carbocycles. The number of nitro groups is 2. The summed E-state index contributed by atoms with van der Waals surface area (Å²) in [5, 5.41) is 25.6. The molecular weight excluding hydrogens is 356 g/mol. The fourth-order valence-corrected chi connectivity index (χ4v) is 2.23. The van der Waals surface area contributed by atoms with Gasteiger partial charge in [0.1, 0.15) is 0 Å². The number of carbonyl (C=O) groups excluding carboxylic acids is 1. The number of nitro benzene ring substituents is 2. The number of hydrogen-bond donors (Lipinski definition) is 1. The van der Waals surface area contributed by atoms with Gasteiger partial charge < -0.3 is 4.74 Å². The highest BCUT2D eigenvalue weighted by Gasteiger charge is 2.16. The quantitative estimate of drug-likeness (QED) is 0.450. The van der Waals surface area contributed by atoms with Crippen molar-refractivity contribution in [2.24, 2.45) is 5.10 Å². The summed E-state index contributed by atoms with van der Waals surface area (Å²) in [6.07, 6.45) is -0.0163. The van der Waals surface area contributed by atoms with Crippen molar-refractivity contribution in [3.63, 3.8) is 0 Å². The summed E-state index contributed by atoms with van der Waals surface area (Å²) in [5.74, 6) is -0.301. The number of hydrogen-bond acceptors (Lipinski definition) is 7. The van der Waals surface area contributed by atoms with Crippen LogP contribution >= 0.6 is 0 Å². The lowest BCUT2D eigenvalue weighted by molar-refractivity contribution is -0.385. The Morgan fingerprint density at radius 3 is 2.33 bits per heavy atom. The number of carbonyl (C=O) groups is 1. The van der Waals surface area contributed by atoms with Crippen molar-refractivity contribution in [3.8, 4) is 5.75 Å². The Balaban J connectivity index is 2.06. The molecule has 0 aliphatic heterocycles. The Morgan fingerprint density at radius 2 is 1.78 bits per heavy atom. The summed E-state index contributed by atoms with van der Waals surface area (Å²) in [4.78, 5) is 32.5. The highest BCUT2D eigenvalue weighted by atomic mass is 16.6. The molecule has 0 radical (unpaired) electrons. The van der Waals surface area contributed by atoms with E-state index in [9.17, 15) is 25.0 Å². The average Bonchev–Trinajstić information content (AvgIpc) is 2.65. The van der Waals surface area contributed by atoms with E-state index in [1.165, 1.54) is 43.5 Å². The van der Waals surface area contributed by atoms with Gasteiger partial charge >= 0.3 is 5.69 Å². The van der Waals surface area contributed by atoms with E-state index < -0.39 is 15.8 Å². The zero-order chi connectivity index (χ0) is 20.0. The molecule has 2 aromatic rings. The highest BCUT2D eigenvalue weighted by Crippen LogP contribution is 2.27. The molecule has 10 heteroatoms. The van der Waals surface area contributed by atoms with E-state index in [0.717, 1.165) is 0 Å². The minimum atomic E-state index is -0.567. The third-order valence-electron chi connectivity index (χ3n) is 3.65. The van der Waals surface area contributed by atoms with Crippen molar-refractivity contribution in [2.45, 2.75) is 13.3 Å². The van der Waals surface area contributed by atoms with Crippen LogP contribution in [0.15, 0.2) is 47.6 Å². The highest BCUT2D eigenvalue weighted by molar-refractivity contribution is 6.00. The fourth-order valence-electron chi connectivity index (χ4n) is 2.23. The topological polar surface area (TPSA) is 137 Å². The van der Waals surface area contributed by atoms with Crippen molar-refractivity contribution < 1.29 is 19.4 Å². The van der Waals surface area contributed by atoms with Gasteiger partial charge in [0.2, 0.25) is 5.91 Å². The van der Waals surface area contributed by atoms with Crippen LogP contribution in [0.5, 0.6) is 5.75 Å². The van der Waals surface area contributed by atoms with Crippen molar-refractivity contribution in [2.75, 3.05) is 7.11 Å². The van der Waals surface area contributed by atoms with Crippen molar-refractivity contribution in [1.29, 1.82) is 0 Å². The van der Waals surface area contributed by atoms with Crippen LogP contribution in [-0.2, 0) is 11.2 Å². The zero-order valence-electron chi connectivity index (χ0n) is 14.5. The van der Waals surface area contributed by atoms with E-state index in [0.29, 0.717) is 16.8 Å². The van der Waals surface area contributed by atoms with Crippen LogP contribution in [0.1, 0.15) is 18.1 Å². The van der Waals surface area contributed by atoms with Gasteiger partial charge in [-0.15, -0.1) is 0 Å². The Labute approximate surface area is 153 Å². The Hall–Kier alpha value is -3.82. The summed E-state index contributed by atoms with van der Waals surface area (Å²) >= 11 is 0. The van der Waals surface area contributed by atoms with Gasteiger partial charge in [-0.3, -0.25) is 25.0 Å². The summed E-state index contributed by atoms with van der Waals surface area (Å²) in [5.41, 5.74) is 3.51. The third kappa shape index (κ3) is 5.08. The number of benzene rings is 2. The smallest absolute Gasteiger partial charge is 0.311 e. The van der Waals surface area contributed by atoms with E-state index >= 15 is 0 Å². The van der Waals surface area contributed by atoms with Crippen LogP contribution in [-0.4, -0.2) is 28.6 Å². The molecule has 0 aliphatic rings. The van der Waals surface area contributed by atoms with E-state index in [4.69, 9.17) is 4.74 Å². The molecule has 0 saturated carbocycles. The molecule has 0 fully saturated rings. The van der Waals surface area contributed by atoms with Gasteiger partial charge in [-0.25, -0.2) is 5.43 Å². The van der Waals surface area contributed by atoms with E-state index in [2.05, 4.69) is 10.5 Å². The van der Waals surface area contributed by atoms with E-state index in [1.54, 1.807) is 13.0 Å². The molecule has 0 heterocycles. The fraction of sp³-hybridized carbons (Fsp3) is 0.176. The second-order valence-electron chi connectivity index (χ2n) is 5.48. The van der Waals surface area contributed by atoms with Crippen LogP contribution < -0.4 is 10.2 Å². The average molecular weight is 372 g/mol. The van der Waals surface area contributed by atoms with Crippen molar-refractivity contribution in [1.82, 2.24) is 5.43 Å². The normalized spacial score (nSPS) is 11.0. The molecule has 0 saturated heterocycles. The van der Waals surface area contributed by atoms with Gasteiger partial charge in [-0.1, -0.05) is 12.1 Å². The predicted octanol–water partition coefficient (Wildman–Crippen LogP) is 2.59. The second-order valence-corrected chi connectivity index (χ2v) is 5.48. The van der Waals surface area contributed by atoms with Crippen LogP contribution in [0.25, 0.3) is 0 Å². The maximum Gasteiger partial charge on any atom is 0.311 e. The van der Waals surface area contributed by atoms with Gasteiger partial charge in [-0.05, 0) is 24.6 Å². The molecule has 27 heavy (non-hydrogen) atoms. The summed E-state index contributed by atoms with van der Waals surface area (Å²) in [7, 11) is 1.33. The first-order valence-corrected chi connectivity index (χ1v) is 7.71. The number of nitrogens with one attached hydrogen (secondary N) is 1. The monoisotopic (exact) mass is 372 g/mol. The minimum Gasteiger partial charge on any atom is -0.490 e. The molecule has 10 nitrogen and oxygen atoms in total. The summed E-state index contributed by atoms with van der Waals surface area (Å²) < 4.78 is 4.94. The Bertz CT molecular complexity index is 908. The summed E-state index contributed by atoms with van der Waals surface area (Å²) in [6, 6.07) is 9.95. The van der Waals surface area contributed by atoms with Crippen LogP contribution in [0, 0.1) is 20.2 Å². The molecule has 0 atom stereocenters. The summed E-state index contributed by atoms with van der Waals surface area (Å²) in [6.45, 7) is 1.59. The lowest BCUT2D eigenvalue weighted by atomic mass is 10.1. The minimum absolute atomic E-state index is 0.0163. The first kappa shape index (κ1) is 19.5. The Kier molecular flexibility index (Phi) is 6.15. The second kappa shape index (κ2) is 8.52. The van der Waals surface area contributed by atoms with Gasteiger partial charge in [0.25, 0.3) is 5.69 Å². The third-order valence-corrected chi connectivity index (χ3v) is 3.65. The number of ether oxygens (including phenoxy) is 1. The number of rotatable bonds is 7. The molecule has 140 valence electrons. The molecule has 0 aliphatic carbocycles. The Morgan fingerprint density at radius 1 is 1.11 bits per heavy atom. The predicted molar refractivity (Wildman–Crippen MR) is 96.8 cm³/mol. The van der Waals surface area contributed by atoms with Crippen LogP contribution in [0.4, 0.5) is 11.4 Å². The number of non-ortho nitro benzene ring substituents is 1. The van der Waals surface area contributed by atoms with Gasteiger partial charge in [0.05, 0.1) is 29.1 Å². The molecule has 0 bridgehead atoms. The number of hydrazone groups is 1. The lowest BCUT2D eigenvalue weighted by Gasteiger charge is -2.06. The van der Waals surface area contributed by atoms with Crippen LogP contribution in [0.3, 0.4) is 0 Å². The van der Waals surface area contributed by atoms with Gasteiger partial charge in [-0.2, -0.15) is 5.10 Å². The van der Waals surface area contributed by atoms with Crippen LogP contribution in [0.2, 0.25) is 0 Å². The van der Waals surface area contributed by atoms with E-state index in [1.807, 2.05) is 0 Å². The molecule has 2 rings (SSSR count). The zero-order valence-corrected chi connectivity index (χ0v) is 14.5. The van der Waals surface area contributed by atoms with Crippen molar-refractivity contribution >= 4 is 23.0 Å². The van der Waals surface area contributed by atoms with Crippen molar-refractivity contribution in [3.05, 3.63) is 73.8 Å². The largest absolute Gasteiger partial charge is 0.490 e. The molecule has 0 aromatic heterocycles. The van der Waals surface area contributed by atoms with Gasteiger partial charge in [0.15, 0.2) is 5.75 Å². The first-order valence-electron chi connectivity index (χ1n) is 7.71.